The van der Waals surface area contributed by atoms with Gasteiger partial charge in [0.15, 0.2) is 5.79 Å². The molecule has 4 heteroatoms. The lowest BCUT2D eigenvalue weighted by molar-refractivity contribution is -0.146. The normalized spacial score (nSPS) is 34.8. The molecule has 2 heterocycles. The SMILES string of the molecule is CC(C1COC(C)(C)O1)C1C=CC(=O)N1C. The highest BCUT2D eigenvalue weighted by Crippen LogP contribution is 2.30. The molecule has 0 N–H and O–H groups in total. The topological polar surface area (TPSA) is 38.8 Å². The zero-order chi connectivity index (χ0) is 11.9. The van der Waals surface area contributed by atoms with Crippen molar-refractivity contribution >= 4 is 5.91 Å². The largest absolute Gasteiger partial charge is 0.348 e. The van der Waals surface area contributed by atoms with Gasteiger partial charge in [0.1, 0.15) is 0 Å². The number of ether oxygens (including phenoxy) is 2. The molecule has 0 saturated carbocycles. The minimum atomic E-state index is -0.496. The van der Waals surface area contributed by atoms with Gasteiger partial charge in [-0.25, -0.2) is 0 Å². The standard InChI is InChI=1S/C12H19NO3/c1-8(9-5-6-11(14)13(9)4)10-7-15-12(2,3)16-10/h5-6,8-10H,7H2,1-4H3. The summed E-state index contributed by atoms with van der Waals surface area (Å²) in [5.74, 6) is -0.186. The molecular formula is C12H19NO3. The van der Waals surface area contributed by atoms with Crippen molar-refractivity contribution in [2.24, 2.45) is 5.92 Å². The summed E-state index contributed by atoms with van der Waals surface area (Å²) in [6.07, 6.45) is 3.63. The molecular weight excluding hydrogens is 206 g/mol. The van der Waals surface area contributed by atoms with Crippen molar-refractivity contribution in [3.8, 4) is 0 Å². The van der Waals surface area contributed by atoms with Gasteiger partial charge in [-0.3, -0.25) is 4.79 Å². The Kier molecular flexibility index (Phi) is 2.80. The molecule has 1 amide bonds. The van der Waals surface area contributed by atoms with Crippen molar-refractivity contribution in [3.05, 3.63) is 12.2 Å². The summed E-state index contributed by atoms with van der Waals surface area (Å²) in [5.41, 5.74) is 0. The Hall–Kier alpha value is -0.870. The van der Waals surface area contributed by atoms with Gasteiger partial charge >= 0.3 is 0 Å². The minimum absolute atomic E-state index is 0.0537. The average Bonchev–Trinajstić information content (AvgIpc) is 2.71. The van der Waals surface area contributed by atoms with Crippen LogP contribution < -0.4 is 0 Å². The maximum absolute atomic E-state index is 11.4. The summed E-state index contributed by atoms with van der Waals surface area (Å²) in [7, 11) is 1.82. The number of nitrogens with zero attached hydrogens (tertiary/aromatic N) is 1. The molecule has 4 nitrogen and oxygen atoms in total. The Balaban J connectivity index is 2.01. The number of hydrogen-bond acceptors (Lipinski definition) is 3. The Labute approximate surface area is 96.2 Å². The van der Waals surface area contributed by atoms with Crippen LogP contribution in [0.4, 0.5) is 0 Å². The summed E-state index contributed by atoms with van der Waals surface area (Å²) in [6, 6.07) is 0.120. The van der Waals surface area contributed by atoms with Gasteiger partial charge in [0.05, 0.1) is 18.8 Å². The third-order valence-corrected chi connectivity index (χ3v) is 3.39. The maximum Gasteiger partial charge on any atom is 0.246 e. The van der Waals surface area contributed by atoms with E-state index in [4.69, 9.17) is 9.47 Å². The number of amides is 1. The first-order chi connectivity index (χ1) is 7.41. The fourth-order valence-corrected chi connectivity index (χ4v) is 2.30. The van der Waals surface area contributed by atoms with Crippen LogP contribution in [0, 0.1) is 5.92 Å². The van der Waals surface area contributed by atoms with Crippen LogP contribution in [0.3, 0.4) is 0 Å². The molecule has 2 aliphatic heterocycles. The van der Waals surface area contributed by atoms with Crippen molar-refractivity contribution in [3.63, 3.8) is 0 Å². The van der Waals surface area contributed by atoms with Crippen molar-refractivity contribution in [2.45, 2.75) is 38.7 Å². The van der Waals surface area contributed by atoms with Crippen molar-refractivity contribution in [2.75, 3.05) is 13.7 Å². The monoisotopic (exact) mass is 225 g/mol. The summed E-state index contributed by atoms with van der Waals surface area (Å²) >= 11 is 0. The molecule has 1 fully saturated rings. The number of carbonyl (C=O) groups is 1. The van der Waals surface area contributed by atoms with Crippen LogP contribution in [0.15, 0.2) is 12.2 Å². The highest BCUT2D eigenvalue weighted by atomic mass is 16.7. The molecule has 0 spiro atoms. The molecule has 0 aromatic carbocycles. The van der Waals surface area contributed by atoms with Gasteiger partial charge in [-0.05, 0) is 13.8 Å². The van der Waals surface area contributed by atoms with Gasteiger partial charge in [0.2, 0.25) is 5.91 Å². The Morgan fingerprint density at radius 1 is 1.56 bits per heavy atom. The predicted molar refractivity (Wildman–Crippen MR) is 59.8 cm³/mol. The smallest absolute Gasteiger partial charge is 0.246 e. The average molecular weight is 225 g/mol. The highest BCUT2D eigenvalue weighted by Gasteiger charge is 2.40. The molecule has 2 rings (SSSR count). The van der Waals surface area contributed by atoms with Crippen molar-refractivity contribution in [1.29, 1.82) is 0 Å². The summed E-state index contributed by atoms with van der Waals surface area (Å²) < 4.78 is 11.4. The Bertz CT molecular complexity index is 324. The third kappa shape index (κ3) is 1.99. The predicted octanol–water partition coefficient (Wildman–Crippen LogP) is 1.17. The molecule has 0 aromatic heterocycles. The highest BCUT2D eigenvalue weighted by molar-refractivity contribution is 5.90. The first-order valence-electron chi connectivity index (χ1n) is 5.67. The van der Waals surface area contributed by atoms with Gasteiger partial charge in [0.25, 0.3) is 0 Å². The van der Waals surface area contributed by atoms with E-state index in [2.05, 4.69) is 6.92 Å². The van der Waals surface area contributed by atoms with E-state index in [1.54, 1.807) is 11.0 Å². The molecule has 0 aliphatic carbocycles. The van der Waals surface area contributed by atoms with Crippen molar-refractivity contribution in [1.82, 2.24) is 4.90 Å². The van der Waals surface area contributed by atoms with E-state index in [-0.39, 0.29) is 24.0 Å². The van der Waals surface area contributed by atoms with Crippen LogP contribution >= 0.6 is 0 Å². The molecule has 3 atom stereocenters. The van der Waals surface area contributed by atoms with Crippen LogP contribution in [0.25, 0.3) is 0 Å². The lowest BCUT2D eigenvalue weighted by Gasteiger charge is -2.29. The second-order valence-corrected chi connectivity index (χ2v) is 5.03. The molecule has 1 saturated heterocycles. The molecule has 3 unspecified atom stereocenters. The zero-order valence-electron chi connectivity index (χ0n) is 10.3. The molecule has 16 heavy (non-hydrogen) atoms. The van der Waals surface area contributed by atoms with Crippen LogP contribution in [0.1, 0.15) is 20.8 Å². The van der Waals surface area contributed by atoms with Gasteiger partial charge in [0, 0.05) is 19.0 Å². The second kappa shape index (κ2) is 3.86. The van der Waals surface area contributed by atoms with E-state index in [0.29, 0.717) is 6.61 Å². The van der Waals surface area contributed by atoms with E-state index in [9.17, 15) is 4.79 Å². The summed E-state index contributed by atoms with van der Waals surface area (Å²) in [4.78, 5) is 13.1. The third-order valence-electron chi connectivity index (χ3n) is 3.39. The minimum Gasteiger partial charge on any atom is -0.348 e. The van der Waals surface area contributed by atoms with Crippen LogP contribution in [-0.2, 0) is 14.3 Å². The lowest BCUT2D eigenvalue weighted by atomic mass is 9.96. The fourth-order valence-electron chi connectivity index (χ4n) is 2.30. The number of hydrogen-bond donors (Lipinski definition) is 0. The fraction of sp³-hybridized carbons (Fsp3) is 0.750. The summed E-state index contributed by atoms with van der Waals surface area (Å²) in [6.45, 7) is 6.53. The number of likely N-dealkylation sites (N-methyl/N-ethyl adjacent to an activating group) is 1. The lowest BCUT2D eigenvalue weighted by Crippen LogP contribution is -2.40. The molecule has 0 bridgehead atoms. The Morgan fingerprint density at radius 3 is 2.69 bits per heavy atom. The van der Waals surface area contributed by atoms with E-state index in [1.165, 1.54) is 0 Å². The second-order valence-electron chi connectivity index (χ2n) is 5.03. The quantitative estimate of drug-likeness (QED) is 0.708. The Morgan fingerprint density at radius 2 is 2.25 bits per heavy atom. The molecule has 0 radical (unpaired) electrons. The summed E-state index contributed by atoms with van der Waals surface area (Å²) in [5, 5.41) is 0. The zero-order valence-corrected chi connectivity index (χ0v) is 10.3. The first-order valence-corrected chi connectivity index (χ1v) is 5.67. The number of rotatable bonds is 2. The van der Waals surface area contributed by atoms with Crippen LogP contribution in [-0.4, -0.2) is 42.4 Å². The van der Waals surface area contributed by atoms with Crippen LogP contribution in [0.5, 0.6) is 0 Å². The van der Waals surface area contributed by atoms with Crippen molar-refractivity contribution < 1.29 is 14.3 Å². The van der Waals surface area contributed by atoms with Crippen LogP contribution in [0.2, 0.25) is 0 Å². The van der Waals surface area contributed by atoms with E-state index < -0.39 is 5.79 Å². The molecule has 90 valence electrons. The first kappa shape index (κ1) is 11.6. The van der Waals surface area contributed by atoms with Gasteiger partial charge in [-0.15, -0.1) is 0 Å². The molecule has 2 aliphatic rings. The van der Waals surface area contributed by atoms with Gasteiger partial charge in [-0.1, -0.05) is 13.0 Å². The molecule has 0 aromatic rings. The maximum atomic E-state index is 11.4. The van der Waals surface area contributed by atoms with E-state index in [0.717, 1.165) is 0 Å². The van der Waals surface area contributed by atoms with E-state index >= 15 is 0 Å². The van der Waals surface area contributed by atoms with E-state index in [1.807, 2.05) is 27.0 Å². The number of carbonyl (C=O) groups excluding carboxylic acids is 1. The van der Waals surface area contributed by atoms with Gasteiger partial charge in [-0.2, -0.15) is 0 Å². The van der Waals surface area contributed by atoms with Gasteiger partial charge < -0.3 is 14.4 Å².